The quantitative estimate of drug-likeness (QED) is 0.802. The van der Waals surface area contributed by atoms with Crippen molar-refractivity contribution in [3.8, 4) is 0 Å². The first kappa shape index (κ1) is 12.7. The molecule has 94 valence electrons. The average molecular weight is 264 g/mol. The Morgan fingerprint density at radius 3 is 2.59 bits per heavy atom. The van der Waals surface area contributed by atoms with E-state index >= 15 is 0 Å². The minimum Gasteiger partial charge on any atom is -0.310 e. The summed E-state index contributed by atoms with van der Waals surface area (Å²) in [4.78, 5) is 0. The van der Waals surface area contributed by atoms with Crippen molar-refractivity contribution in [2.24, 2.45) is 0 Å². The Labute approximate surface area is 103 Å². The van der Waals surface area contributed by atoms with Crippen molar-refractivity contribution < 1.29 is 13.2 Å². The van der Waals surface area contributed by atoms with Crippen LogP contribution >= 0.6 is 11.6 Å². The molecule has 1 aliphatic heterocycles. The Hall–Kier alpha value is -0.740. The zero-order chi connectivity index (χ0) is 12.5. The molecular weight excluding hydrogens is 251 g/mol. The molecule has 1 aromatic carbocycles. The summed E-state index contributed by atoms with van der Waals surface area (Å²) in [5.74, 6) is 0. The molecule has 1 fully saturated rings. The highest BCUT2D eigenvalue weighted by Gasteiger charge is 2.36. The van der Waals surface area contributed by atoms with Gasteiger partial charge in [-0.15, -0.1) is 0 Å². The molecule has 2 rings (SSSR count). The van der Waals surface area contributed by atoms with Crippen LogP contribution < -0.4 is 5.32 Å². The maximum atomic E-state index is 12.9. The van der Waals surface area contributed by atoms with Gasteiger partial charge in [-0.2, -0.15) is 13.2 Å². The molecule has 0 saturated carbocycles. The van der Waals surface area contributed by atoms with Gasteiger partial charge in [0, 0.05) is 11.1 Å². The number of halogens is 4. The van der Waals surface area contributed by atoms with E-state index in [0.717, 1.165) is 25.5 Å². The Morgan fingerprint density at radius 1 is 1.24 bits per heavy atom. The molecule has 0 radical (unpaired) electrons. The van der Waals surface area contributed by atoms with Crippen molar-refractivity contribution in [3.63, 3.8) is 0 Å². The minimum absolute atomic E-state index is 0.194. The molecule has 0 bridgehead atoms. The Kier molecular flexibility index (Phi) is 3.64. The largest absolute Gasteiger partial charge is 0.416 e. The zero-order valence-corrected chi connectivity index (χ0v) is 9.91. The van der Waals surface area contributed by atoms with E-state index in [9.17, 15) is 13.2 Å². The molecule has 1 aliphatic rings. The molecular formula is C12H13ClF3N. The van der Waals surface area contributed by atoms with Crippen LogP contribution in [0.5, 0.6) is 0 Å². The Balaban J connectivity index is 2.43. The molecule has 0 amide bonds. The Morgan fingerprint density at radius 2 is 2.00 bits per heavy atom. The van der Waals surface area contributed by atoms with Crippen molar-refractivity contribution in [2.45, 2.75) is 31.5 Å². The molecule has 1 N–H and O–H groups in total. The highest BCUT2D eigenvalue weighted by atomic mass is 35.5. The number of nitrogens with one attached hydrogen (secondary N) is 1. The normalized spacial score (nSPS) is 21.5. The van der Waals surface area contributed by atoms with E-state index in [1.54, 1.807) is 0 Å². The first-order valence-corrected chi connectivity index (χ1v) is 5.97. The Bertz CT molecular complexity index is 397. The van der Waals surface area contributed by atoms with Crippen LogP contribution in [0.1, 0.15) is 36.4 Å². The average Bonchev–Trinajstić information content (AvgIpc) is 2.28. The summed E-state index contributed by atoms with van der Waals surface area (Å²) in [5, 5.41) is 3.30. The molecule has 0 unspecified atom stereocenters. The maximum absolute atomic E-state index is 12.9. The molecule has 5 heteroatoms. The van der Waals surface area contributed by atoms with E-state index in [-0.39, 0.29) is 16.6 Å². The van der Waals surface area contributed by atoms with Crippen LogP contribution in [0.15, 0.2) is 18.2 Å². The van der Waals surface area contributed by atoms with Crippen LogP contribution in [0.2, 0.25) is 5.02 Å². The topological polar surface area (TPSA) is 12.0 Å². The third-order valence-corrected chi connectivity index (χ3v) is 3.35. The van der Waals surface area contributed by atoms with Gasteiger partial charge in [0.1, 0.15) is 0 Å². The predicted octanol–water partition coefficient (Wildman–Crippen LogP) is 4.17. The van der Waals surface area contributed by atoms with Crippen LogP contribution in [0.25, 0.3) is 0 Å². The predicted molar refractivity (Wildman–Crippen MR) is 61.0 cm³/mol. The standard InChI is InChI=1S/C12H13ClF3N/c13-9-5-3-4-8(12(14,15)16)11(9)10-6-1-2-7-17-10/h3-5,10,17H,1-2,6-7H2/t10-/m1/s1. The molecule has 1 nitrogen and oxygen atoms in total. The number of piperidine rings is 1. The fraction of sp³-hybridized carbons (Fsp3) is 0.500. The highest BCUT2D eigenvalue weighted by molar-refractivity contribution is 6.31. The second-order valence-electron chi connectivity index (χ2n) is 4.20. The lowest BCUT2D eigenvalue weighted by molar-refractivity contribution is -0.138. The molecule has 17 heavy (non-hydrogen) atoms. The molecule has 1 aromatic rings. The number of hydrogen-bond donors (Lipinski definition) is 1. The van der Waals surface area contributed by atoms with Gasteiger partial charge in [-0.25, -0.2) is 0 Å². The smallest absolute Gasteiger partial charge is 0.310 e. The van der Waals surface area contributed by atoms with E-state index < -0.39 is 11.7 Å². The summed E-state index contributed by atoms with van der Waals surface area (Å²) in [5.41, 5.74) is -0.425. The lowest BCUT2D eigenvalue weighted by atomic mass is 9.93. The van der Waals surface area contributed by atoms with E-state index in [1.165, 1.54) is 12.1 Å². The fourth-order valence-electron chi connectivity index (χ4n) is 2.24. The molecule has 0 aromatic heterocycles. The molecule has 1 heterocycles. The number of benzene rings is 1. The summed E-state index contributed by atoms with van der Waals surface area (Å²) in [6.45, 7) is 0.743. The third kappa shape index (κ3) is 2.75. The van der Waals surface area contributed by atoms with Crippen LogP contribution in [0, 0.1) is 0 Å². The van der Waals surface area contributed by atoms with Crippen LogP contribution in [-0.4, -0.2) is 6.54 Å². The van der Waals surface area contributed by atoms with Crippen LogP contribution in [-0.2, 0) is 6.18 Å². The van der Waals surface area contributed by atoms with E-state index in [0.29, 0.717) is 6.42 Å². The maximum Gasteiger partial charge on any atom is 0.416 e. The lowest BCUT2D eigenvalue weighted by Gasteiger charge is -2.27. The van der Waals surface area contributed by atoms with Crippen molar-refractivity contribution in [3.05, 3.63) is 34.3 Å². The summed E-state index contributed by atoms with van der Waals surface area (Å²) in [7, 11) is 0. The summed E-state index contributed by atoms with van der Waals surface area (Å²) in [6.07, 6.45) is -1.71. The summed E-state index contributed by atoms with van der Waals surface area (Å²) >= 11 is 5.93. The first-order valence-electron chi connectivity index (χ1n) is 5.59. The van der Waals surface area contributed by atoms with Gasteiger partial charge in [0.15, 0.2) is 0 Å². The second-order valence-corrected chi connectivity index (χ2v) is 4.61. The van der Waals surface area contributed by atoms with E-state index in [2.05, 4.69) is 5.32 Å². The van der Waals surface area contributed by atoms with Gasteiger partial charge in [-0.1, -0.05) is 24.1 Å². The number of alkyl halides is 3. The minimum atomic E-state index is -4.35. The van der Waals surface area contributed by atoms with Crippen LogP contribution in [0.3, 0.4) is 0 Å². The van der Waals surface area contributed by atoms with Gasteiger partial charge in [0.05, 0.1) is 5.56 Å². The van der Waals surface area contributed by atoms with Crippen LogP contribution in [0.4, 0.5) is 13.2 Å². The van der Waals surface area contributed by atoms with E-state index in [4.69, 9.17) is 11.6 Å². The lowest BCUT2D eigenvalue weighted by Crippen LogP contribution is -2.29. The summed E-state index contributed by atoms with van der Waals surface area (Å²) in [6, 6.07) is 3.67. The first-order chi connectivity index (χ1) is 8.00. The number of rotatable bonds is 1. The summed E-state index contributed by atoms with van der Waals surface area (Å²) < 4.78 is 38.7. The highest BCUT2D eigenvalue weighted by Crippen LogP contribution is 2.39. The van der Waals surface area contributed by atoms with Gasteiger partial charge in [-0.05, 0) is 37.1 Å². The van der Waals surface area contributed by atoms with Gasteiger partial charge < -0.3 is 5.32 Å². The molecule has 1 atom stereocenters. The van der Waals surface area contributed by atoms with Crippen molar-refractivity contribution in [1.29, 1.82) is 0 Å². The second kappa shape index (κ2) is 4.86. The SMILES string of the molecule is FC(F)(F)c1cccc(Cl)c1[C@H]1CCCCN1. The van der Waals surface area contributed by atoms with Crippen molar-refractivity contribution in [1.82, 2.24) is 5.32 Å². The fourth-order valence-corrected chi connectivity index (χ4v) is 2.54. The van der Waals surface area contributed by atoms with Gasteiger partial charge in [0.2, 0.25) is 0 Å². The third-order valence-electron chi connectivity index (χ3n) is 3.02. The van der Waals surface area contributed by atoms with Gasteiger partial charge in [-0.3, -0.25) is 0 Å². The molecule has 0 aliphatic carbocycles. The molecule has 0 spiro atoms. The zero-order valence-electron chi connectivity index (χ0n) is 9.15. The van der Waals surface area contributed by atoms with Crippen molar-refractivity contribution >= 4 is 11.6 Å². The monoisotopic (exact) mass is 263 g/mol. The van der Waals surface area contributed by atoms with Gasteiger partial charge >= 0.3 is 6.18 Å². The van der Waals surface area contributed by atoms with Gasteiger partial charge in [0.25, 0.3) is 0 Å². The van der Waals surface area contributed by atoms with E-state index in [1.807, 2.05) is 0 Å². The number of hydrogen-bond acceptors (Lipinski definition) is 1. The molecule has 1 saturated heterocycles. The van der Waals surface area contributed by atoms with Crippen molar-refractivity contribution in [2.75, 3.05) is 6.54 Å².